The Labute approximate surface area is 129 Å². The van der Waals surface area contributed by atoms with Gasteiger partial charge in [0, 0.05) is 5.41 Å². The lowest BCUT2D eigenvalue weighted by Gasteiger charge is -2.17. The molecule has 0 saturated carbocycles. The van der Waals surface area contributed by atoms with Crippen molar-refractivity contribution >= 4 is 17.4 Å². The minimum Gasteiger partial charge on any atom is -0.480 e. The quantitative estimate of drug-likeness (QED) is 0.851. The Bertz CT molecular complexity index is 659. The summed E-state index contributed by atoms with van der Waals surface area (Å²) in [5, 5.41) is 25.0. The van der Waals surface area contributed by atoms with Crippen LogP contribution in [0, 0.1) is 0 Å². The monoisotopic (exact) mass is 305 g/mol. The molecule has 2 heterocycles. The van der Waals surface area contributed by atoms with Crippen molar-refractivity contribution in [3.05, 3.63) is 18.0 Å². The normalized spacial score (nSPS) is 13.3. The van der Waals surface area contributed by atoms with E-state index < -0.39 is 12.0 Å². The number of carbonyl (C=O) groups is 1. The number of unbranched alkanes of at least 4 members (excludes halogenated alkanes) is 1. The largest absolute Gasteiger partial charge is 0.480 e. The first kappa shape index (κ1) is 16.2. The van der Waals surface area contributed by atoms with Gasteiger partial charge in [-0.2, -0.15) is 4.52 Å². The van der Waals surface area contributed by atoms with Crippen LogP contribution in [0.1, 0.15) is 52.8 Å². The van der Waals surface area contributed by atoms with E-state index in [4.69, 9.17) is 0 Å². The van der Waals surface area contributed by atoms with Gasteiger partial charge >= 0.3 is 5.97 Å². The third-order valence-corrected chi connectivity index (χ3v) is 3.40. The summed E-state index contributed by atoms with van der Waals surface area (Å²) < 4.78 is 1.67. The molecule has 0 spiro atoms. The van der Waals surface area contributed by atoms with Crippen molar-refractivity contribution in [2.24, 2.45) is 0 Å². The molecule has 0 aromatic carbocycles. The van der Waals surface area contributed by atoms with E-state index >= 15 is 0 Å². The standard InChI is InChI=1S/C15H23N5O2/c1-5-6-7-10(13(21)22)16-11-8-9-12-17-18-14(15(2,3)4)20(12)19-11/h8-10H,5-7H2,1-4H3,(H,16,19)(H,21,22). The van der Waals surface area contributed by atoms with Gasteiger partial charge in [-0.3, -0.25) is 0 Å². The van der Waals surface area contributed by atoms with Crippen LogP contribution in [-0.4, -0.2) is 36.9 Å². The van der Waals surface area contributed by atoms with Gasteiger partial charge < -0.3 is 10.4 Å². The SMILES string of the molecule is CCCCC(Nc1ccc2nnc(C(C)(C)C)n2n1)C(=O)O. The van der Waals surface area contributed by atoms with Crippen molar-refractivity contribution < 1.29 is 9.90 Å². The highest BCUT2D eigenvalue weighted by Gasteiger charge is 2.22. The number of carboxylic acid groups (broad SMARTS) is 1. The van der Waals surface area contributed by atoms with Crippen LogP contribution in [0.25, 0.3) is 5.65 Å². The number of hydrogen-bond acceptors (Lipinski definition) is 5. The molecule has 2 rings (SSSR count). The molecule has 0 radical (unpaired) electrons. The number of nitrogens with one attached hydrogen (secondary N) is 1. The number of aliphatic carboxylic acids is 1. The summed E-state index contributed by atoms with van der Waals surface area (Å²) in [4.78, 5) is 11.3. The first-order valence-corrected chi connectivity index (χ1v) is 7.55. The van der Waals surface area contributed by atoms with E-state index in [1.165, 1.54) is 0 Å². The summed E-state index contributed by atoms with van der Waals surface area (Å²) in [6.07, 6.45) is 2.38. The molecule has 0 bridgehead atoms. The summed E-state index contributed by atoms with van der Waals surface area (Å²) in [7, 11) is 0. The molecule has 0 amide bonds. The molecule has 0 aliphatic rings. The molecular weight excluding hydrogens is 282 g/mol. The van der Waals surface area contributed by atoms with Crippen LogP contribution < -0.4 is 5.32 Å². The van der Waals surface area contributed by atoms with Crippen molar-refractivity contribution in [1.82, 2.24) is 19.8 Å². The van der Waals surface area contributed by atoms with Crippen LogP contribution in [0.3, 0.4) is 0 Å². The lowest BCUT2D eigenvalue weighted by molar-refractivity contribution is -0.138. The zero-order valence-electron chi connectivity index (χ0n) is 13.5. The maximum atomic E-state index is 11.3. The summed E-state index contributed by atoms with van der Waals surface area (Å²) in [5.41, 5.74) is 0.454. The molecule has 0 fully saturated rings. The smallest absolute Gasteiger partial charge is 0.326 e. The Hall–Kier alpha value is -2.18. The summed E-state index contributed by atoms with van der Waals surface area (Å²) in [6, 6.07) is 2.88. The van der Waals surface area contributed by atoms with Gasteiger partial charge in [-0.1, -0.05) is 40.5 Å². The van der Waals surface area contributed by atoms with Crippen LogP contribution >= 0.6 is 0 Å². The van der Waals surface area contributed by atoms with Gasteiger partial charge in [0.05, 0.1) is 0 Å². The van der Waals surface area contributed by atoms with Crippen molar-refractivity contribution in [3.63, 3.8) is 0 Å². The molecule has 7 nitrogen and oxygen atoms in total. The molecule has 120 valence electrons. The minimum atomic E-state index is -0.866. The Balaban J connectivity index is 2.30. The first-order chi connectivity index (χ1) is 10.3. The van der Waals surface area contributed by atoms with Crippen LogP contribution in [0.4, 0.5) is 5.82 Å². The highest BCUT2D eigenvalue weighted by Crippen LogP contribution is 2.21. The molecule has 0 aliphatic heterocycles. The van der Waals surface area contributed by atoms with Gasteiger partial charge in [0.2, 0.25) is 0 Å². The molecular formula is C15H23N5O2. The van der Waals surface area contributed by atoms with Gasteiger partial charge in [-0.15, -0.1) is 15.3 Å². The van der Waals surface area contributed by atoms with Gasteiger partial charge in [-0.25, -0.2) is 4.79 Å². The second-order valence-corrected chi connectivity index (χ2v) is 6.44. The van der Waals surface area contributed by atoms with E-state index in [2.05, 4.69) is 20.6 Å². The maximum Gasteiger partial charge on any atom is 0.326 e. The lowest BCUT2D eigenvalue weighted by Crippen LogP contribution is -2.30. The van der Waals surface area contributed by atoms with E-state index in [0.29, 0.717) is 17.9 Å². The van der Waals surface area contributed by atoms with Crippen molar-refractivity contribution in [3.8, 4) is 0 Å². The Morgan fingerprint density at radius 2 is 2.09 bits per heavy atom. The summed E-state index contributed by atoms with van der Waals surface area (Å²) in [5.74, 6) is 0.392. The van der Waals surface area contributed by atoms with Crippen LogP contribution in [-0.2, 0) is 10.2 Å². The second-order valence-electron chi connectivity index (χ2n) is 6.44. The molecule has 2 aromatic rings. The number of rotatable bonds is 6. The fourth-order valence-electron chi connectivity index (χ4n) is 2.18. The van der Waals surface area contributed by atoms with Crippen molar-refractivity contribution in [1.29, 1.82) is 0 Å². The van der Waals surface area contributed by atoms with Crippen LogP contribution in [0.2, 0.25) is 0 Å². The van der Waals surface area contributed by atoms with Crippen molar-refractivity contribution in [2.45, 2.75) is 58.4 Å². The van der Waals surface area contributed by atoms with E-state index in [0.717, 1.165) is 18.7 Å². The number of hydrogen-bond donors (Lipinski definition) is 2. The van der Waals surface area contributed by atoms with Crippen molar-refractivity contribution in [2.75, 3.05) is 5.32 Å². The van der Waals surface area contributed by atoms with E-state index in [1.807, 2.05) is 27.7 Å². The number of fused-ring (bicyclic) bond motifs is 1. The highest BCUT2D eigenvalue weighted by atomic mass is 16.4. The van der Waals surface area contributed by atoms with E-state index in [1.54, 1.807) is 16.6 Å². The molecule has 2 N–H and O–H groups in total. The van der Waals surface area contributed by atoms with Gasteiger partial charge in [0.25, 0.3) is 0 Å². The third-order valence-electron chi connectivity index (χ3n) is 3.40. The predicted molar refractivity (Wildman–Crippen MR) is 84.1 cm³/mol. The van der Waals surface area contributed by atoms with E-state index in [-0.39, 0.29) is 5.41 Å². The number of nitrogens with zero attached hydrogens (tertiary/aromatic N) is 4. The predicted octanol–water partition coefficient (Wildman–Crippen LogP) is 2.48. The first-order valence-electron chi connectivity index (χ1n) is 7.55. The fourth-order valence-corrected chi connectivity index (χ4v) is 2.18. The lowest BCUT2D eigenvalue weighted by atomic mass is 9.96. The van der Waals surface area contributed by atoms with Gasteiger partial charge in [-0.05, 0) is 18.6 Å². The summed E-state index contributed by atoms with van der Waals surface area (Å²) in [6.45, 7) is 8.14. The number of anilines is 1. The maximum absolute atomic E-state index is 11.3. The van der Waals surface area contributed by atoms with Gasteiger partial charge in [0.1, 0.15) is 11.9 Å². The zero-order valence-corrected chi connectivity index (χ0v) is 13.5. The Kier molecular flexibility index (Phi) is 4.63. The molecule has 1 unspecified atom stereocenters. The Morgan fingerprint density at radius 1 is 1.36 bits per heavy atom. The topological polar surface area (TPSA) is 92.4 Å². The highest BCUT2D eigenvalue weighted by molar-refractivity contribution is 5.76. The van der Waals surface area contributed by atoms with Gasteiger partial charge in [0.15, 0.2) is 11.5 Å². The number of aromatic nitrogens is 4. The second kappa shape index (κ2) is 6.29. The number of carboxylic acids is 1. The molecule has 7 heteroatoms. The molecule has 1 atom stereocenters. The zero-order chi connectivity index (χ0) is 16.3. The molecule has 0 saturated heterocycles. The van der Waals surface area contributed by atoms with Crippen LogP contribution in [0.15, 0.2) is 12.1 Å². The Morgan fingerprint density at radius 3 is 2.68 bits per heavy atom. The third kappa shape index (κ3) is 3.52. The molecule has 2 aromatic heterocycles. The summed E-state index contributed by atoms with van der Waals surface area (Å²) >= 11 is 0. The average molecular weight is 305 g/mol. The average Bonchev–Trinajstić information content (AvgIpc) is 2.86. The molecule has 0 aliphatic carbocycles. The van der Waals surface area contributed by atoms with Crippen LogP contribution in [0.5, 0.6) is 0 Å². The molecule has 22 heavy (non-hydrogen) atoms. The van der Waals surface area contributed by atoms with E-state index in [9.17, 15) is 9.90 Å². The fraction of sp³-hybridized carbons (Fsp3) is 0.600. The minimum absolute atomic E-state index is 0.195.